The van der Waals surface area contributed by atoms with Crippen molar-refractivity contribution in [3.63, 3.8) is 0 Å². The van der Waals surface area contributed by atoms with E-state index < -0.39 is 0 Å². The van der Waals surface area contributed by atoms with Crippen LogP contribution in [-0.2, 0) is 0 Å². The summed E-state index contributed by atoms with van der Waals surface area (Å²) in [6.07, 6.45) is 7.43. The fraction of sp³-hybridized carbons (Fsp3) is 0.818. The second-order valence-corrected chi connectivity index (χ2v) is 3.81. The van der Waals surface area contributed by atoms with Crippen molar-refractivity contribution in [2.75, 3.05) is 0 Å². The lowest BCUT2D eigenvalue weighted by atomic mass is 9.98. The third-order valence-electron chi connectivity index (χ3n) is 2.61. The Balaban J connectivity index is 2.32. The summed E-state index contributed by atoms with van der Waals surface area (Å²) in [5.41, 5.74) is 0. The minimum atomic E-state index is 0.0718. The van der Waals surface area contributed by atoms with Crippen LogP contribution in [0.15, 0.2) is 11.9 Å². The van der Waals surface area contributed by atoms with Gasteiger partial charge < -0.3 is 0 Å². The van der Waals surface area contributed by atoms with Gasteiger partial charge in [0.2, 0.25) is 0 Å². The highest BCUT2D eigenvalue weighted by Gasteiger charge is 2.23. The third kappa shape index (κ3) is 3.38. The van der Waals surface area contributed by atoms with E-state index in [0.29, 0.717) is 12.3 Å². The van der Waals surface area contributed by atoms with Crippen LogP contribution in [0.3, 0.4) is 0 Å². The van der Waals surface area contributed by atoms with Crippen LogP contribution in [0.4, 0.5) is 4.39 Å². The minimum Gasteiger partial charge on any atom is -0.212 e. The normalized spacial score (nSPS) is 21.1. The van der Waals surface area contributed by atoms with Gasteiger partial charge in [-0.25, -0.2) is 4.39 Å². The summed E-state index contributed by atoms with van der Waals surface area (Å²) in [6.45, 7) is 4.02. The van der Waals surface area contributed by atoms with Crippen LogP contribution in [0.2, 0.25) is 0 Å². The quantitative estimate of drug-likeness (QED) is 0.583. The molecule has 1 unspecified atom stereocenters. The molecule has 0 amide bonds. The second kappa shape index (κ2) is 4.64. The average Bonchev–Trinajstić information content (AvgIpc) is 2.86. The van der Waals surface area contributed by atoms with Crippen molar-refractivity contribution in [1.82, 2.24) is 0 Å². The van der Waals surface area contributed by atoms with Gasteiger partial charge in [0.25, 0.3) is 0 Å². The number of halogens is 1. The molecule has 0 spiro atoms. The highest BCUT2D eigenvalue weighted by Crippen LogP contribution is 2.36. The zero-order valence-electron chi connectivity index (χ0n) is 8.15. The highest BCUT2D eigenvalue weighted by molar-refractivity contribution is 4.96. The number of allylic oxidation sites excluding steroid dienone is 2. The lowest BCUT2D eigenvalue weighted by Gasteiger charge is -2.08. The molecule has 1 saturated carbocycles. The molecule has 0 nitrogen and oxygen atoms in total. The lowest BCUT2D eigenvalue weighted by molar-refractivity contribution is 0.504. The van der Waals surface area contributed by atoms with E-state index in [0.717, 1.165) is 12.3 Å². The van der Waals surface area contributed by atoms with E-state index in [1.807, 2.05) is 13.0 Å². The van der Waals surface area contributed by atoms with Gasteiger partial charge in [-0.05, 0) is 37.2 Å². The highest BCUT2D eigenvalue weighted by atomic mass is 19.1. The van der Waals surface area contributed by atoms with Gasteiger partial charge in [0.05, 0.1) is 5.83 Å². The molecule has 0 aromatic heterocycles. The van der Waals surface area contributed by atoms with E-state index in [-0.39, 0.29) is 5.83 Å². The Kier molecular flexibility index (Phi) is 3.77. The molecule has 0 radical (unpaired) electrons. The van der Waals surface area contributed by atoms with Crippen LogP contribution < -0.4 is 0 Å². The molecule has 12 heavy (non-hydrogen) atoms. The summed E-state index contributed by atoms with van der Waals surface area (Å²) in [4.78, 5) is 0. The first-order chi connectivity index (χ1) is 5.76. The van der Waals surface area contributed by atoms with Gasteiger partial charge in [-0.2, -0.15) is 0 Å². The predicted molar refractivity (Wildman–Crippen MR) is 50.6 cm³/mol. The summed E-state index contributed by atoms with van der Waals surface area (Å²) in [7, 11) is 0. The molecule has 1 rings (SSSR count). The average molecular weight is 170 g/mol. The molecule has 0 aliphatic heterocycles. The van der Waals surface area contributed by atoms with Crippen LogP contribution in [-0.4, -0.2) is 0 Å². The molecule has 0 aromatic rings. The Hall–Kier alpha value is -0.330. The summed E-state index contributed by atoms with van der Waals surface area (Å²) in [5.74, 6) is 1.48. The van der Waals surface area contributed by atoms with Crippen molar-refractivity contribution < 1.29 is 4.39 Å². The molecule has 0 bridgehead atoms. The molecule has 0 aromatic carbocycles. The van der Waals surface area contributed by atoms with Crippen molar-refractivity contribution in [3.05, 3.63) is 11.9 Å². The van der Waals surface area contributed by atoms with Crippen LogP contribution in [0.1, 0.15) is 46.0 Å². The Morgan fingerprint density at radius 3 is 2.58 bits per heavy atom. The number of rotatable bonds is 5. The smallest absolute Gasteiger partial charge is 0.0959 e. The first kappa shape index (κ1) is 9.76. The minimum absolute atomic E-state index is 0.0718. The van der Waals surface area contributed by atoms with Crippen molar-refractivity contribution in [1.29, 1.82) is 0 Å². The van der Waals surface area contributed by atoms with Gasteiger partial charge in [0.1, 0.15) is 0 Å². The molecule has 70 valence electrons. The molecular formula is C11H19F. The summed E-state index contributed by atoms with van der Waals surface area (Å²) in [6, 6.07) is 0. The van der Waals surface area contributed by atoms with Gasteiger partial charge in [-0.1, -0.05) is 26.7 Å². The van der Waals surface area contributed by atoms with E-state index in [1.165, 1.54) is 19.3 Å². The van der Waals surface area contributed by atoms with Gasteiger partial charge >= 0.3 is 0 Å². The Morgan fingerprint density at radius 1 is 1.50 bits per heavy atom. The molecule has 0 N–H and O–H groups in total. The molecular weight excluding hydrogens is 151 g/mol. The topological polar surface area (TPSA) is 0 Å². The predicted octanol–water partition coefficient (Wildman–Crippen LogP) is 4.08. The maximum atomic E-state index is 12.9. The van der Waals surface area contributed by atoms with Gasteiger partial charge in [0, 0.05) is 0 Å². The van der Waals surface area contributed by atoms with Crippen LogP contribution in [0.5, 0.6) is 0 Å². The molecule has 1 aliphatic rings. The molecule has 1 fully saturated rings. The van der Waals surface area contributed by atoms with E-state index in [4.69, 9.17) is 0 Å². The van der Waals surface area contributed by atoms with Gasteiger partial charge in [-0.15, -0.1) is 0 Å². The summed E-state index contributed by atoms with van der Waals surface area (Å²) >= 11 is 0. The van der Waals surface area contributed by atoms with Crippen molar-refractivity contribution in [2.24, 2.45) is 11.8 Å². The van der Waals surface area contributed by atoms with Crippen LogP contribution in [0.25, 0.3) is 0 Å². The molecule has 0 saturated heterocycles. The lowest BCUT2D eigenvalue weighted by Crippen LogP contribution is -1.96. The first-order valence-electron chi connectivity index (χ1n) is 5.12. The van der Waals surface area contributed by atoms with Crippen LogP contribution in [0, 0.1) is 11.8 Å². The van der Waals surface area contributed by atoms with Crippen molar-refractivity contribution in [2.45, 2.75) is 46.0 Å². The first-order valence-corrected chi connectivity index (χ1v) is 5.12. The summed E-state index contributed by atoms with van der Waals surface area (Å²) < 4.78 is 12.9. The monoisotopic (exact) mass is 170 g/mol. The maximum Gasteiger partial charge on any atom is 0.0959 e. The molecule has 0 heterocycles. The SMILES string of the molecule is CCC(F)=CC(CC)CC1CC1. The standard InChI is InChI=1S/C11H19F/c1-3-9(7-10-5-6-10)8-11(12)4-2/h8-10H,3-7H2,1-2H3. The fourth-order valence-electron chi connectivity index (χ4n) is 1.51. The van der Waals surface area contributed by atoms with Gasteiger partial charge in [0.15, 0.2) is 0 Å². The van der Waals surface area contributed by atoms with Crippen molar-refractivity contribution >= 4 is 0 Å². The fourth-order valence-corrected chi connectivity index (χ4v) is 1.51. The van der Waals surface area contributed by atoms with E-state index >= 15 is 0 Å². The van der Waals surface area contributed by atoms with Crippen molar-refractivity contribution in [3.8, 4) is 0 Å². The molecule has 1 heteroatoms. The largest absolute Gasteiger partial charge is 0.212 e. The van der Waals surface area contributed by atoms with Gasteiger partial charge in [-0.3, -0.25) is 0 Å². The molecule has 1 atom stereocenters. The third-order valence-corrected chi connectivity index (χ3v) is 2.61. The maximum absolute atomic E-state index is 12.9. The zero-order valence-corrected chi connectivity index (χ0v) is 8.15. The van der Waals surface area contributed by atoms with E-state index in [9.17, 15) is 4.39 Å². The molecule has 1 aliphatic carbocycles. The Bertz CT molecular complexity index is 156. The number of hydrogen-bond acceptors (Lipinski definition) is 0. The van der Waals surface area contributed by atoms with E-state index in [1.54, 1.807) is 0 Å². The Labute approximate surface area is 74.9 Å². The van der Waals surface area contributed by atoms with E-state index in [2.05, 4.69) is 6.92 Å². The Morgan fingerprint density at radius 2 is 2.17 bits per heavy atom. The van der Waals surface area contributed by atoms with Crippen LogP contribution >= 0.6 is 0 Å². The zero-order chi connectivity index (χ0) is 8.97. The second-order valence-electron chi connectivity index (χ2n) is 3.81. The summed E-state index contributed by atoms with van der Waals surface area (Å²) in [5, 5.41) is 0. The number of hydrogen-bond donors (Lipinski definition) is 0.